The Morgan fingerprint density at radius 3 is 2.19 bits per heavy atom. The van der Waals surface area contributed by atoms with E-state index in [1.54, 1.807) is 11.3 Å². The highest BCUT2D eigenvalue weighted by Gasteiger charge is 2.31. The second-order valence-corrected chi connectivity index (χ2v) is 8.57. The van der Waals surface area contributed by atoms with Gasteiger partial charge in [-0.25, -0.2) is 0 Å². The van der Waals surface area contributed by atoms with E-state index in [4.69, 9.17) is 0 Å². The lowest BCUT2D eigenvalue weighted by Gasteiger charge is -2.36. The minimum absolute atomic E-state index is 0.473. The molecule has 0 saturated heterocycles. The summed E-state index contributed by atoms with van der Waals surface area (Å²) in [7, 11) is 0. The molecule has 1 aromatic heterocycles. The molecule has 1 fully saturated rings. The third-order valence-electron chi connectivity index (χ3n) is 3.72. The molecule has 0 unspecified atom stereocenters. The van der Waals surface area contributed by atoms with Crippen LogP contribution in [0.3, 0.4) is 0 Å². The first-order valence-corrected chi connectivity index (χ1v) is 7.85. The zero-order valence-corrected chi connectivity index (χ0v) is 13.1. The molecule has 0 aliphatic heterocycles. The summed E-state index contributed by atoms with van der Waals surface area (Å²) in [5, 5.41) is 9.66. The summed E-state index contributed by atoms with van der Waals surface area (Å²) in [6, 6.07) is 0. The first-order chi connectivity index (χ1) is 7.47. The van der Waals surface area contributed by atoms with E-state index in [9.17, 15) is 0 Å². The van der Waals surface area contributed by atoms with Gasteiger partial charge < -0.3 is 0 Å². The number of nitrogens with zero attached hydrogens (tertiary/aromatic N) is 2. The Morgan fingerprint density at radius 1 is 1.12 bits per heavy atom. The summed E-state index contributed by atoms with van der Waals surface area (Å²) in [5.41, 5.74) is 0.473. The largest absolute Gasteiger partial charge is 0.178 e. The zero-order valence-electron chi connectivity index (χ0n) is 10.2. The van der Waals surface area contributed by atoms with Gasteiger partial charge in [0.25, 0.3) is 0 Å². The van der Waals surface area contributed by atoms with E-state index >= 15 is 0 Å². The summed E-state index contributed by atoms with van der Waals surface area (Å²) in [6.45, 7) is 7.10. The van der Waals surface area contributed by atoms with Crippen molar-refractivity contribution in [3.63, 3.8) is 0 Å². The third-order valence-corrected chi connectivity index (χ3v) is 5.47. The van der Waals surface area contributed by atoms with Gasteiger partial charge in [0.1, 0.15) is 5.01 Å². The van der Waals surface area contributed by atoms with Gasteiger partial charge in [-0.05, 0) is 59.6 Å². The average molecular weight is 350 g/mol. The predicted octanol–water partition coefficient (Wildman–Crippen LogP) is 4.46. The molecule has 16 heavy (non-hydrogen) atoms. The lowest BCUT2D eigenvalue weighted by atomic mass is 9.70. The van der Waals surface area contributed by atoms with Crippen LogP contribution >= 0.6 is 33.9 Å². The van der Waals surface area contributed by atoms with Gasteiger partial charge in [-0.1, -0.05) is 32.1 Å². The normalized spacial score (nSPS) is 27.0. The quantitative estimate of drug-likeness (QED) is 0.699. The minimum Gasteiger partial charge on any atom is -0.142 e. The van der Waals surface area contributed by atoms with Crippen molar-refractivity contribution in [2.45, 2.75) is 52.4 Å². The first kappa shape index (κ1) is 12.7. The summed E-state index contributed by atoms with van der Waals surface area (Å²) >= 11 is 4.03. The SMILES string of the molecule is CC(C)(C)C1CCC(c2nnc(I)s2)CC1. The molecule has 0 spiro atoms. The van der Waals surface area contributed by atoms with Crippen molar-refractivity contribution in [1.82, 2.24) is 10.2 Å². The maximum absolute atomic E-state index is 4.29. The molecule has 90 valence electrons. The Morgan fingerprint density at radius 2 is 1.75 bits per heavy atom. The van der Waals surface area contributed by atoms with Crippen LogP contribution in [0.5, 0.6) is 0 Å². The smallest absolute Gasteiger partial charge is 0.142 e. The zero-order chi connectivity index (χ0) is 11.8. The Labute approximate surface area is 115 Å². The third kappa shape index (κ3) is 2.94. The molecule has 0 radical (unpaired) electrons. The molecular weight excluding hydrogens is 331 g/mol. The number of hydrogen-bond acceptors (Lipinski definition) is 3. The molecule has 0 N–H and O–H groups in total. The van der Waals surface area contributed by atoms with E-state index in [0.29, 0.717) is 11.3 Å². The van der Waals surface area contributed by atoms with E-state index in [-0.39, 0.29) is 0 Å². The van der Waals surface area contributed by atoms with Gasteiger partial charge in [-0.2, -0.15) is 0 Å². The summed E-state index contributed by atoms with van der Waals surface area (Å²) in [4.78, 5) is 0. The number of halogens is 1. The molecule has 1 aliphatic carbocycles. The number of aromatic nitrogens is 2. The monoisotopic (exact) mass is 350 g/mol. The predicted molar refractivity (Wildman–Crippen MR) is 76.8 cm³/mol. The van der Waals surface area contributed by atoms with Crippen molar-refractivity contribution < 1.29 is 0 Å². The second kappa shape index (κ2) is 4.88. The molecule has 0 atom stereocenters. The number of rotatable bonds is 1. The van der Waals surface area contributed by atoms with Gasteiger partial charge in [0.15, 0.2) is 3.01 Å². The van der Waals surface area contributed by atoms with Crippen molar-refractivity contribution in [2.24, 2.45) is 11.3 Å². The van der Waals surface area contributed by atoms with Crippen LogP contribution < -0.4 is 0 Å². The maximum Gasteiger partial charge on any atom is 0.178 e. The highest BCUT2D eigenvalue weighted by atomic mass is 127. The Kier molecular flexibility index (Phi) is 3.89. The lowest BCUT2D eigenvalue weighted by molar-refractivity contribution is 0.169. The molecule has 4 heteroatoms. The molecule has 1 aromatic rings. The fourth-order valence-corrected chi connectivity index (χ4v) is 4.11. The van der Waals surface area contributed by atoms with E-state index in [2.05, 4.69) is 53.6 Å². The standard InChI is InChI=1S/C12H19IN2S/c1-12(2,3)9-6-4-8(5-7-9)10-14-15-11(13)16-10/h8-9H,4-7H2,1-3H3. The van der Waals surface area contributed by atoms with Gasteiger partial charge in [-0.15, -0.1) is 10.2 Å². The van der Waals surface area contributed by atoms with Crippen LogP contribution in [0, 0.1) is 14.3 Å². The van der Waals surface area contributed by atoms with Crippen molar-refractivity contribution in [3.8, 4) is 0 Å². The second-order valence-electron chi connectivity index (χ2n) is 5.81. The van der Waals surface area contributed by atoms with Crippen LogP contribution in [0.25, 0.3) is 0 Å². The fraction of sp³-hybridized carbons (Fsp3) is 0.833. The lowest BCUT2D eigenvalue weighted by Crippen LogP contribution is -2.25. The van der Waals surface area contributed by atoms with Gasteiger partial charge in [-0.3, -0.25) is 0 Å². The van der Waals surface area contributed by atoms with Crippen molar-refractivity contribution >= 4 is 33.9 Å². The van der Waals surface area contributed by atoms with Crippen LogP contribution in [0.1, 0.15) is 57.4 Å². The van der Waals surface area contributed by atoms with E-state index < -0.39 is 0 Å². The molecule has 1 aliphatic rings. The van der Waals surface area contributed by atoms with Gasteiger partial charge in [0.2, 0.25) is 0 Å². The van der Waals surface area contributed by atoms with Crippen molar-refractivity contribution in [2.75, 3.05) is 0 Å². The average Bonchev–Trinajstić information content (AvgIpc) is 2.64. The van der Waals surface area contributed by atoms with Crippen LogP contribution in [0.15, 0.2) is 0 Å². The highest BCUT2D eigenvalue weighted by molar-refractivity contribution is 14.1. The first-order valence-electron chi connectivity index (χ1n) is 5.95. The van der Waals surface area contributed by atoms with Gasteiger partial charge >= 0.3 is 0 Å². The Hall–Kier alpha value is 0.290. The molecular formula is C12H19IN2S. The van der Waals surface area contributed by atoms with Crippen LogP contribution in [-0.4, -0.2) is 10.2 Å². The number of hydrogen-bond donors (Lipinski definition) is 0. The highest BCUT2D eigenvalue weighted by Crippen LogP contribution is 2.43. The minimum atomic E-state index is 0.473. The van der Waals surface area contributed by atoms with E-state index in [1.165, 1.54) is 30.7 Å². The molecule has 0 aromatic carbocycles. The topological polar surface area (TPSA) is 25.8 Å². The fourth-order valence-electron chi connectivity index (χ4n) is 2.59. The maximum atomic E-state index is 4.29. The van der Waals surface area contributed by atoms with Crippen molar-refractivity contribution in [1.29, 1.82) is 0 Å². The Bertz CT molecular complexity index is 348. The van der Waals surface area contributed by atoms with Gasteiger partial charge in [0, 0.05) is 5.92 Å². The van der Waals surface area contributed by atoms with Crippen LogP contribution in [0.2, 0.25) is 0 Å². The molecule has 1 heterocycles. The molecule has 2 rings (SSSR count). The molecule has 0 amide bonds. The van der Waals surface area contributed by atoms with Crippen LogP contribution in [0.4, 0.5) is 0 Å². The molecule has 1 saturated carbocycles. The molecule has 0 bridgehead atoms. The van der Waals surface area contributed by atoms with E-state index in [0.717, 1.165) is 8.93 Å². The van der Waals surface area contributed by atoms with E-state index in [1.807, 2.05) is 0 Å². The summed E-state index contributed by atoms with van der Waals surface area (Å²) < 4.78 is 1.07. The summed E-state index contributed by atoms with van der Waals surface area (Å²) in [6.07, 6.45) is 5.30. The van der Waals surface area contributed by atoms with Gasteiger partial charge in [0.05, 0.1) is 0 Å². The summed E-state index contributed by atoms with van der Waals surface area (Å²) in [5.74, 6) is 1.57. The van der Waals surface area contributed by atoms with Crippen LogP contribution in [-0.2, 0) is 0 Å². The Balaban J connectivity index is 1.95. The van der Waals surface area contributed by atoms with Crippen molar-refractivity contribution in [3.05, 3.63) is 8.02 Å². The molecule has 2 nitrogen and oxygen atoms in total.